The van der Waals surface area contributed by atoms with Crippen molar-refractivity contribution in [2.45, 2.75) is 0 Å². The number of fused-ring (bicyclic) bond motifs is 8. The fraction of sp³-hybridized carbons (Fsp3) is 0. The molecule has 0 spiro atoms. The first-order valence-corrected chi connectivity index (χ1v) is 20.4. The molecule has 3 aromatic heterocycles. The van der Waals surface area contributed by atoms with Gasteiger partial charge in [0.15, 0.2) is 5.82 Å². The Kier molecular flexibility index (Phi) is 7.82. The molecular formula is C56H36N4. The second-order valence-electron chi connectivity index (χ2n) is 15.4. The zero-order chi connectivity index (χ0) is 39.6. The number of hydrogen-bond acceptors (Lipinski definition) is 2. The normalized spacial score (nSPS) is 11.7. The van der Waals surface area contributed by atoms with Gasteiger partial charge in [0.05, 0.1) is 33.5 Å². The fourth-order valence-corrected chi connectivity index (χ4v) is 9.11. The number of rotatable bonds is 6. The predicted molar refractivity (Wildman–Crippen MR) is 250 cm³/mol. The van der Waals surface area contributed by atoms with Crippen molar-refractivity contribution < 1.29 is 0 Å². The lowest BCUT2D eigenvalue weighted by Gasteiger charge is -2.14. The molecule has 3 heterocycles. The summed E-state index contributed by atoms with van der Waals surface area (Å²) in [5, 5.41) is 7.22. The summed E-state index contributed by atoms with van der Waals surface area (Å²) >= 11 is 0. The highest BCUT2D eigenvalue weighted by atomic mass is 15.0. The average molecular weight is 765 g/mol. The van der Waals surface area contributed by atoms with Crippen LogP contribution in [0, 0.1) is 0 Å². The highest BCUT2D eigenvalue weighted by Crippen LogP contribution is 2.42. The van der Waals surface area contributed by atoms with Crippen LogP contribution in [0.4, 0.5) is 0 Å². The van der Waals surface area contributed by atoms with Gasteiger partial charge in [-0.3, -0.25) is 0 Å². The topological polar surface area (TPSA) is 35.6 Å². The number of benzene rings is 9. The zero-order valence-corrected chi connectivity index (χ0v) is 32.6. The van der Waals surface area contributed by atoms with Crippen molar-refractivity contribution in [3.05, 3.63) is 218 Å². The van der Waals surface area contributed by atoms with E-state index in [2.05, 4.69) is 221 Å². The minimum atomic E-state index is 0.680. The number of nitrogens with zero attached hydrogens (tertiary/aromatic N) is 4. The molecule has 9 aromatic carbocycles. The van der Waals surface area contributed by atoms with Crippen LogP contribution in [-0.4, -0.2) is 19.1 Å². The van der Waals surface area contributed by atoms with Crippen molar-refractivity contribution in [3.63, 3.8) is 0 Å². The Morgan fingerprint density at radius 1 is 0.283 bits per heavy atom. The summed E-state index contributed by atoms with van der Waals surface area (Å²) in [5.74, 6) is 0.680. The van der Waals surface area contributed by atoms with Crippen LogP contribution in [0.25, 0.3) is 111 Å². The molecule has 0 N–H and O–H groups in total. The van der Waals surface area contributed by atoms with Gasteiger partial charge in [0.1, 0.15) is 0 Å². The molecule has 0 atom stereocenters. The second-order valence-corrected chi connectivity index (χ2v) is 15.4. The maximum absolute atomic E-state index is 5.29. The van der Waals surface area contributed by atoms with Crippen LogP contribution in [0.2, 0.25) is 0 Å². The Morgan fingerprint density at radius 2 is 0.783 bits per heavy atom. The SMILES string of the molecule is c1ccc(-c2cccc(-n3c4ccccc4c4ccc5c6ccccc6n(-c6cccc(-c7nc(-c8ccccc8)cc(-c8ccc9ccccc9c8)n7)c6)c5c43)c2)cc1. The van der Waals surface area contributed by atoms with Gasteiger partial charge in [0.2, 0.25) is 0 Å². The molecule has 0 aliphatic carbocycles. The summed E-state index contributed by atoms with van der Waals surface area (Å²) < 4.78 is 4.90. The second kappa shape index (κ2) is 13.8. The zero-order valence-electron chi connectivity index (χ0n) is 32.6. The molecule has 0 aliphatic rings. The maximum Gasteiger partial charge on any atom is 0.160 e. The number of hydrogen-bond donors (Lipinski definition) is 0. The summed E-state index contributed by atoms with van der Waals surface area (Å²) in [5.41, 5.74) is 14.0. The molecule has 4 heteroatoms. The van der Waals surface area contributed by atoms with Gasteiger partial charge in [-0.1, -0.05) is 170 Å². The lowest BCUT2D eigenvalue weighted by molar-refractivity contribution is 1.14. The van der Waals surface area contributed by atoms with E-state index in [0.717, 1.165) is 50.5 Å². The van der Waals surface area contributed by atoms with Gasteiger partial charge >= 0.3 is 0 Å². The first kappa shape index (κ1) is 34.0. The van der Waals surface area contributed by atoms with E-state index in [1.807, 2.05) is 6.07 Å². The van der Waals surface area contributed by atoms with E-state index in [4.69, 9.17) is 9.97 Å². The van der Waals surface area contributed by atoms with E-state index in [0.29, 0.717) is 5.82 Å². The van der Waals surface area contributed by atoms with E-state index in [1.54, 1.807) is 0 Å². The van der Waals surface area contributed by atoms with Gasteiger partial charge in [-0.15, -0.1) is 0 Å². The van der Waals surface area contributed by atoms with Crippen LogP contribution in [-0.2, 0) is 0 Å². The minimum Gasteiger partial charge on any atom is -0.307 e. The smallest absolute Gasteiger partial charge is 0.160 e. The number of aromatic nitrogens is 4. The van der Waals surface area contributed by atoms with Crippen LogP contribution in [0.15, 0.2) is 218 Å². The summed E-state index contributed by atoms with van der Waals surface area (Å²) in [4.78, 5) is 10.5. The Morgan fingerprint density at radius 3 is 1.43 bits per heavy atom. The van der Waals surface area contributed by atoms with E-state index < -0.39 is 0 Å². The average Bonchev–Trinajstić information content (AvgIpc) is 3.85. The molecule has 0 aliphatic heterocycles. The Bertz CT molecular complexity index is 3600. The Balaban J connectivity index is 1.11. The van der Waals surface area contributed by atoms with Gasteiger partial charge in [-0.05, 0) is 70.4 Å². The minimum absolute atomic E-state index is 0.680. The standard InChI is InChI=1S/C56H36N4/c1-3-15-37(16-4-1)41-21-13-23-44(34-41)59-52-27-11-9-25-46(52)48-31-32-49-47-26-10-12-28-53(47)60(55(49)54(48)59)45-24-14-22-43(35-45)56-57-50(39-18-5-2-6-19-39)36-51(58-56)42-30-29-38-17-7-8-20-40(38)33-42/h1-36H. The lowest BCUT2D eigenvalue weighted by atomic mass is 10.0. The van der Waals surface area contributed by atoms with Crippen LogP contribution in [0.1, 0.15) is 0 Å². The molecule has 0 saturated carbocycles. The van der Waals surface area contributed by atoms with Gasteiger partial charge in [-0.2, -0.15) is 0 Å². The fourth-order valence-electron chi connectivity index (χ4n) is 9.11. The summed E-state index contributed by atoms with van der Waals surface area (Å²) in [6, 6.07) is 78.0. The first-order chi connectivity index (χ1) is 29.7. The van der Waals surface area contributed by atoms with Gasteiger partial charge in [-0.25, -0.2) is 9.97 Å². The molecule has 12 aromatic rings. The Labute approximate surface area is 346 Å². The van der Waals surface area contributed by atoms with Gasteiger partial charge in [0.25, 0.3) is 0 Å². The van der Waals surface area contributed by atoms with Crippen molar-refractivity contribution in [2.75, 3.05) is 0 Å². The van der Waals surface area contributed by atoms with Gasteiger partial charge < -0.3 is 9.13 Å². The molecule has 0 radical (unpaired) electrons. The third kappa shape index (κ3) is 5.53. The molecular weight excluding hydrogens is 729 g/mol. The highest BCUT2D eigenvalue weighted by Gasteiger charge is 2.22. The molecule has 60 heavy (non-hydrogen) atoms. The molecule has 0 saturated heterocycles. The van der Waals surface area contributed by atoms with E-state index in [1.165, 1.54) is 54.5 Å². The molecule has 0 amide bonds. The van der Waals surface area contributed by atoms with Crippen molar-refractivity contribution in [2.24, 2.45) is 0 Å². The van der Waals surface area contributed by atoms with E-state index in [-0.39, 0.29) is 0 Å². The number of para-hydroxylation sites is 2. The van der Waals surface area contributed by atoms with E-state index in [9.17, 15) is 0 Å². The molecule has 4 nitrogen and oxygen atoms in total. The van der Waals surface area contributed by atoms with Gasteiger partial charge in [0, 0.05) is 49.6 Å². The largest absolute Gasteiger partial charge is 0.307 e. The monoisotopic (exact) mass is 764 g/mol. The van der Waals surface area contributed by atoms with Crippen molar-refractivity contribution >= 4 is 54.4 Å². The van der Waals surface area contributed by atoms with Crippen LogP contribution >= 0.6 is 0 Å². The molecule has 0 fully saturated rings. The predicted octanol–water partition coefficient (Wildman–Crippen LogP) is 14.5. The Hall–Kier alpha value is -8.08. The molecule has 0 bridgehead atoms. The van der Waals surface area contributed by atoms with Crippen molar-refractivity contribution in [1.82, 2.24) is 19.1 Å². The molecule has 280 valence electrons. The summed E-state index contributed by atoms with van der Waals surface area (Å²) in [6.07, 6.45) is 0. The quantitative estimate of drug-likeness (QED) is 0.169. The van der Waals surface area contributed by atoms with Crippen molar-refractivity contribution in [1.29, 1.82) is 0 Å². The molecule has 12 rings (SSSR count). The summed E-state index contributed by atoms with van der Waals surface area (Å²) in [6.45, 7) is 0. The highest BCUT2D eigenvalue weighted by molar-refractivity contribution is 6.23. The lowest BCUT2D eigenvalue weighted by Crippen LogP contribution is -2.00. The maximum atomic E-state index is 5.29. The van der Waals surface area contributed by atoms with Crippen LogP contribution in [0.5, 0.6) is 0 Å². The first-order valence-electron chi connectivity index (χ1n) is 20.4. The van der Waals surface area contributed by atoms with E-state index >= 15 is 0 Å². The summed E-state index contributed by atoms with van der Waals surface area (Å²) in [7, 11) is 0. The third-order valence-electron chi connectivity index (χ3n) is 11.9. The third-order valence-corrected chi connectivity index (χ3v) is 11.9. The van der Waals surface area contributed by atoms with Crippen molar-refractivity contribution in [3.8, 4) is 56.4 Å². The molecule has 0 unspecified atom stereocenters. The van der Waals surface area contributed by atoms with Crippen LogP contribution in [0.3, 0.4) is 0 Å². The van der Waals surface area contributed by atoms with Crippen LogP contribution < -0.4 is 0 Å².